The molecule has 4 rings (SSSR count). The van der Waals surface area contributed by atoms with Gasteiger partial charge in [-0.15, -0.1) is 0 Å². The molecule has 3 heterocycles. The van der Waals surface area contributed by atoms with Crippen LogP contribution in [0.15, 0.2) is 34.6 Å². The molecule has 302 valence electrons. The summed E-state index contributed by atoms with van der Waals surface area (Å²) in [7, 11) is -20.3. The summed E-state index contributed by atoms with van der Waals surface area (Å²) in [4.78, 5) is 20.7. The summed E-state index contributed by atoms with van der Waals surface area (Å²) in [5.74, 6) is -1.84. The fraction of sp³-hybridized carbons (Fsp3) is 0.429. The highest BCUT2D eigenvalue weighted by Crippen LogP contribution is 2.34. The second kappa shape index (κ2) is 18.6. The van der Waals surface area contributed by atoms with E-state index < -0.39 is 98.9 Å². The van der Waals surface area contributed by atoms with Crippen LogP contribution in [0, 0.1) is 0 Å². The van der Waals surface area contributed by atoms with Crippen molar-refractivity contribution < 1.29 is 96.1 Å². The Balaban J connectivity index is 0.000000454. The summed E-state index contributed by atoms with van der Waals surface area (Å²) < 4.78 is 136. The summed E-state index contributed by atoms with van der Waals surface area (Å²) in [6.45, 7) is 0. The number of hydrogen-bond acceptors (Lipinski definition) is 23. The molecule has 6 atom stereocenters. The van der Waals surface area contributed by atoms with Gasteiger partial charge in [0, 0.05) is 33.3 Å². The van der Waals surface area contributed by atoms with Gasteiger partial charge >= 0.3 is 5.97 Å². The number of hydrogen-bond donors (Lipinski definition) is 9. The number of phenols is 2. The number of nitrogen functional groups attached to an aromatic ring is 1. The highest BCUT2D eigenvalue weighted by Gasteiger charge is 2.46. The largest absolute Gasteiger partial charge is 0.759 e. The number of nitrogens with two attached hydrogens (primary N) is 2. The normalized spacial score (nSPS) is 20.1. The van der Waals surface area contributed by atoms with Crippen molar-refractivity contribution in [2.24, 2.45) is 5.73 Å². The number of phenolic OH excluding ortho intramolecular Hbond substituents is 2. The number of carboxylic acid groups (broad SMARTS) is 1. The van der Waals surface area contributed by atoms with E-state index in [1.807, 2.05) is 6.26 Å². The van der Waals surface area contributed by atoms with Crippen molar-refractivity contribution in [3.8, 4) is 11.5 Å². The highest BCUT2D eigenvalue weighted by atomic mass is 32.3. The number of imidazole rings is 1. The molecule has 1 aliphatic rings. The van der Waals surface area contributed by atoms with E-state index in [0.717, 1.165) is 0 Å². The highest BCUT2D eigenvalue weighted by molar-refractivity contribution is 7.96. The molecule has 0 amide bonds. The number of rotatable bonds is 9. The Morgan fingerprint density at radius 1 is 0.906 bits per heavy atom. The van der Waals surface area contributed by atoms with Crippen LogP contribution >= 0.6 is 0 Å². The molecule has 0 bridgehead atoms. The molecular formula is C21H29N6O21S5-3. The summed E-state index contributed by atoms with van der Waals surface area (Å²) in [6.07, 6.45) is 1.31. The molecule has 0 radical (unpaired) electrons. The Bertz CT molecular complexity index is 2080. The monoisotopic (exact) mass is 861 g/mol. The number of aliphatic hydroxyl groups is 2. The van der Waals surface area contributed by atoms with Gasteiger partial charge in [0.2, 0.25) is 0 Å². The number of nitrogens with zero attached hydrogens (tertiary/aromatic N) is 4. The van der Waals surface area contributed by atoms with E-state index in [-0.39, 0.29) is 22.8 Å². The van der Waals surface area contributed by atoms with Crippen molar-refractivity contribution >= 4 is 74.9 Å². The Morgan fingerprint density at radius 2 is 1.38 bits per heavy atom. The summed E-state index contributed by atoms with van der Waals surface area (Å²) in [5.41, 5.74) is 12.1. The number of aromatic hydroxyl groups is 2. The first-order valence-electron chi connectivity index (χ1n) is 13.2. The van der Waals surface area contributed by atoms with Crippen LogP contribution in [0.3, 0.4) is 0 Å². The minimum Gasteiger partial charge on any atom is -0.759 e. The Hall–Kier alpha value is -3.61. The second-order valence-corrected chi connectivity index (χ2v) is 16.8. The van der Waals surface area contributed by atoms with Crippen LogP contribution in [0.4, 0.5) is 5.82 Å². The standard InChI is InChI=1S/C15H22N6O5S.C6H6O8S2.2H2O4S/c1-27(3-2-7(16)15(24)25)4-8-10(22)11(23)14(26-8)21-6-20-9-12(17)18-5-19-13(9)21;7-3-1-4(8)6(16(12,13)14)2-5(3)15(9,10)11;2*1-5(2,3)4/h5-8,10-11,14,22-23H,2-4,16H2,1H3,(H2-,17,18,19,24,25);1-2,7-8H,(H,9,10,11)(H,12,13,14);2*(H2,1,2,3,4)/p-3/t7-,8+,10+,11+,14+,27?;;;/m0.../s1. The van der Waals surface area contributed by atoms with Crippen molar-refractivity contribution in [1.29, 1.82) is 0 Å². The molecule has 0 aliphatic carbocycles. The maximum Gasteiger partial charge on any atom is 0.320 e. The SMILES string of the molecule is C[S+](CC[C@H](N)C(=O)O)C[C@H]1O[C@@H](n2cnc3c(N)ncnc32)[C@H](O)[C@@H]1O.O=S(=O)(O)c1cc(S(=O)(=O)O)c(O)cc1O.O=S(=O)([O-])[O-].O=S(=O)([O-])[O-]. The van der Waals surface area contributed by atoms with Crippen LogP contribution in [0.1, 0.15) is 12.6 Å². The predicted octanol–water partition coefficient (Wildman–Crippen LogP) is -5.01. The maximum absolute atomic E-state index is 10.8. The summed E-state index contributed by atoms with van der Waals surface area (Å²) in [5, 5.41) is 47.8. The minimum absolute atomic E-state index is 0.216. The number of benzene rings is 1. The Labute approximate surface area is 301 Å². The van der Waals surface area contributed by atoms with Gasteiger partial charge in [-0.2, -0.15) is 16.8 Å². The molecule has 32 heteroatoms. The van der Waals surface area contributed by atoms with Crippen LogP contribution in [-0.4, -0.2) is 154 Å². The lowest BCUT2D eigenvalue weighted by atomic mass is 10.1. The van der Waals surface area contributed by atoms with Gasteiger partial charge in [-0.3, -0.25) is 35.3 Å². The molecule has 11 N–H and O–H groups in total. The summed E-state index contributed by atoms with van der Waals surface area (Å²) in [6, 6.07) is -0.309. The molecule has 3 aromatic rings. The average molecular weight is 862 g/mol. The first-order valence-corrected chi connectivity index (χ1v) is 20.7. The molecule has 27 nitrogen and oxygen atoms in total. The van der Waals surface area contributed by atoms with Gasteiger partial charge < -0.3 is 59.9 Å². The van der Waals surface area contributed by atoms with Gasteiger partial charge in [0.15, 0.2) is 17.7 Å². The van der Waals surface area contributed by atoms with Gasteiger partial charge in [-0.25, -0.2) is 15.0 Å². The first kappa shape index (κ1) is 47.4. The van der Waals surface area contributed by atoms with E-state index in [0.29, 0.717) is 35.2 Å². The number of carbonyl (C=O) groups is 1. The first-order chi connectivity index (χ1) is 23.8. The molecule has 1 fully saturated rings. The van der Waals surface area contributed by atoms with E-state index in [1.54, 1.807) is 0 Å². The van der Waals surface area contributed by atoms with Gasteiger partial charge in [-0.05, 0) is 17.0 Å². The van der Waals surface area contributed by atoms with Crippen molar-refractivity contribution in [1.82, 2.24) is 19.5 Å². The molecular weight excluding hydrogens is 833 g/mol. The topological polar surface area (TPSA) is 492 Å². The lowest BCUT2D eigenvalue weighted by Crippen LogP contribution is -2.37. The minimum atomic E-state index is -5.17. The lowest BCUT2D eigenvalue weighted by molar-refractivity contribution is -0.138. The molecule has 1 aromatic carbocycles. The molecule has 53 heavy (non-hydrogen) atoms. The molecule has 0 spiro atoms. The zero-order valence-electron chi connectivity index (χ0n) is 26.1. The van der Waals surface area contributed by atoms with Crippen LogP contribution in [0.25, 0.3) is 11.2 Å². The molecule has 1 unspecified atom stereocenters. The van der Waals surface area contributed by atoms with Crippen LogP contribution in [0.5, 0.6) is 11.5 Å². The third kappa shape index (κ3) is 16.1. The van der Waals surface area contributed by atoms with E-state index in [2.05, 4.69) is 15.0 Å². The molecule has 1 saturated heterocycles. The van der Waals surface area contributed by atoms with Gasteiger partial charge in [0.05, 0.1) is 12.6 Å². The Kier molecular flexibility index (Phi) is 16.7. The third-order valence-corrected chi connectivity index (χ3v) is 9.73. The zero-order chi connectivity index (χ0) is 41.4. The van der Waals surface area contributed by atoms with E-state index >= 15 is 0 Å². The lowest BCUT2D eigenvalue weighted by Gasteiger charge is -2.16. The van der Waals surface area contributed by atoms with Gasteiger partial charge in [0.25, 0.3) is 20.2 Å². The van der Waals surface area contributed by atoms with Crippen LogP contribution in [-0.2, 0) is 61.5 Å². The van der Waals surface area contributed by atoms with Crippen molar-refractivity contribution in [3.05, 3.63) is 24.8 Å². The smallest absolute Gasteiger partial charge is 0.320 e. The average Bonchev–Trinajstić information content (AvgIpc) is 3.50. The molecule has 2 aromatic heterocycles. The number of aliphatic carboxylic acids is 1. The number of fused-ring (bicyclic) bond motifs is 1. The maximum atomic E-state index is 10.8. The summed E-state index contributed by atoms with van der Waals surface area (Å²) >= 11 is 0. The number of ether oxygens (including phenoxy) is 1. The van der Waals surface area contributed by atoms with Crippen molar-refractivity contribution in [3.63, 3.8) is 0 Å². The second-order valence-electron chi connectivity index (χ2n) is 10.1. The Morgan fingerprint density at radius 3 is 1.81 bits per heavy atom. The van der Waals surface area contributed by atoms with Crippen molar-refractivity contribution in [2.75, 3.05) is 23.5 Å². The van der Waals surface area contributed by atoms with Gasteiger partial charge in [0.1, 0.15) is 69.0 Å². The number of aromatic nitrogens is 4. The van der Waals surface area contributed by atoms with E-state index in [1.165, 1.54) is 17.2 Å². The fourth-order valence-electron chi connectivity index (χ4n) is 3.92. The van der Waals surface area contributed by atoms with Crippen LogP contribution < -0.4 is 11.5 Å². The van der Waals surface area contributed by atoms with Gasteiger partial charge in [-0.1, -0.05) is 0 Å². The van der Waals surface area contributed by atoms with E-state index in [4.69, 9.17) is 75.7 Å². The van der Waals surface area contributed by atoms with E-state index in [9.17, 15) is 31.8 Å². The molecule has 0 saturated carbocycles. The van der Waals surface area contributed by atoms with Crippen LogP contribution in [0.2, 0.25) is 0 Å². The molecule has 1 aliphatic heterocycles. The fourth-order valence-corrected chi connectivity index (χ4v) is 6.83. The number of carboxylic acids is 1. The third-order valence-electron chi connectivity index (χ3n) is 6.14. The quantitative estimate of drug-likeness (QED) is 0.0552. The predicted molar refractivity (Wildman–Crippen MR) is 169 cm³/mol. The zero-order valence-corrected chi connectivity index (χ0v) is 30.2. The van der Waals surface area contributed by atoms with Crippen molar-refractivity contribution in [2.45, 2.75) is 46.8 Å². The number of aliphatic hydroxyl groups excluding tert-OH is 2. The number of anilines is 1.